The van der Waals surface area contributed by atoms with E-state index in [9.17, 15) is 18.4 Å². The van der Waals surface area contributed by atoms with Crippen molar-refractivity contribution in [3.8, 4) is 5.75 Å². The van der Waals surface area contributed by atoms with Crippen LogP contribution in [0.5, 0.6) is 5.75 Å². The summed E-state index contributed by atoms with van der Waals surface area (Å²) < 4.78 is 31.7. The topological polar surface area (TPSA) is 43.4 Å². The molecule has 0 heterocycles. The third kappa shape index (κ3) is 2.71. The van der Waals surface area contributed by atoms with Crippen molar-refractivity contribution in [2.45, 2.75) is 6.92 Å². The Hall–Kier alpha value is -2.56. The summed E-state index contributed by atoms with van der Waals surface area (Å²) in [5, 5.41) is 0. The number of hydrogen-bond acceptors (Lipinski definition) is 3. The zero-order valence-electron chi connectivity index (χ0n) is 10.5. The van der Waals surface area contributed by atoms with E-state index < -0.39 is 29.0 Å². The highest BCUT2D eigenvalue weighted by molar-refractivity contribution is 6.11. The summed E-state index contributed by atoms with van der Waals surface area (Å²) >= 11 is 0. The number of carbonyl (C=O) groups excluding carboxylic acids is 2. The molecule has 0 unspecified atom stereocenters. The molecule has 20 heavy (non-hydrogen) atoms. The first-order valence-corrected chi connectivity index (χ1v) is 5.77. The van der Waals surface area contributed by atoms with Crippen LogP contribution >= 0.6 is 0 Å². The smallest absolute Gasteiger partial charge is 0.308 e. The average Bonchev–Trinajstić information content (AvgIpc) is 2.41. The summed E-state index contributed by atoms with van der Waals surface area (Å²) in [6, 6.07) is 9.22. The summed E-state index contributed by atoms with van der Waals surface area (Å²) in [5.41, 5.74) is -0.420. The molecule has 2 aromatic carbocycles. The third-order valence-corrected chi connectivity index (χ3v) is 2.58. The van der Waals surface area contributed by atoms with Crippen molar-refractivity contribution in [2.75, 3.05) is 0 Å². The first kappa shape index (κ1) is 13.9. The number of para-hydroxylation sites is 1. The van der Waals surface area contributed by atoms with Crippen molar-refractivity contribution in [2.24, 2.45) is 0 Å². The van der Waals surface area contributed by atoms with E-state index in [1.54, 1.807) is 6.07 Å². The molecular weight excluding hydrogens is 266 g/mol. The van der Waals surface area contributed by atoms with Crippen LogP contribution < -0.4 is 4.74 Å². The number of hydrogen-bond donors (Lipinski definition) is 0. The number of halogens is 2. The lowest BCUT2D eigenvalue weighted by Gasteiger charge is -2.08. The second kappa shape index (κ2) is 5.61. The SMILES string of the molecule is CC(=O)Oc1ccccc1C(=O)c1cccc(F)c1F. The predicted octanol–water partition coefficient (Wildman–Crippen LogP) is 3.12. The van der Waals surface area contributed by atoms with Gasteiger partial charge in [-0.3, -0.25) is 9.59 Å². The molecule has 0 N–H and O–H groups in total. The summed E-state index contributed by atoms with van der Waals surface area (Å²) in [4.78, 5) is 23.2. The van der Waals surface area contributed by atoms with Gasteiger partial charge in [-0.25, -0.2) is 8.78 Å². The Bertz CT molecular complexity index is 681. The molecular formula is C15H10F2O3. The van der Waals surface area contributed by atoms with Crippen LogP contribution in [0.3, 0.4) is 0 Å². The van der Waals surface area contributed by atoms with Crippen LogP contribution in [0.2, 0.25) is 0 Å². The van der Waals surface area contributed by atoms with E-state index in [0.717, 1.165) is 6.07 Å². The summed E-state index contributed by atoms with van der Waals surface area (Å²) in [6.45, 7) is 1.18. The standard InChI is InChI=1S/C15H10F2O3/c1-9(18)20-13-8-3-2-5-10(13)15(19)11-6-4-7-12(16)14(11)17/h2-8H,1H3. The molecule has 0 aliphatic heterocycles. The third-order valence-electron chi connectivity index (χ3n) is 2.58. The fourth-order valence-electron chi connectivity index (χ4n) is 1.72. The summed E-state index contributed by atoms with van der Waals surface area (Å²) in [7, 11) is 0. The highest BCUT2D eigenvalue weighted by Crippen LogP contribution is 2.23. The van der Waals surface area contributed by atoms with E-state index in [-0.39, 0.29) is 11.3 Å². The molecule has 0 fully saturated rings. The van der Waals surface area contributed by atoms with Crippen LogP contribution in [0, 0.1) is 11.6 Å². The Morgan fingerprint density at radius 1 is 0.950 bits per heavy atom. The molecule has 0 bridgehead atoms. The predicted molar refractivity (Wildman–Crippen MR) is 67.5 cm³/mol. The van der Waals surface area contributed by atoms with Crippen molar-refractivity contribution in [1.82, 2.24) is 0 Å². The van der Waals surface area contributed by atoms with E-state index >= 15 is 0 Å². The normalized spacial score (nSPS) is 10.2. The van der Waals surface area contributed by atoms with Crippen LogP contribution in [-0.2, 0) is 4.79 Å². The Morgan fingerprint density at radius 3 is 2.30 bits per heavy atom. The second-order valence-electron chi connectivity index (χ2n) is 4.02. The van der Waals surface area contributed by atoms with Gasteiger partial charge in [-0.05, 0) is 24.3 Å². The lowest BCUT2D eigenvalue weighted by Crippen LogP contribution is -2.10. The van der Waals surface area contributed by atoms with Crippen LogP contribution in [0.1, 0.15) is 22.8 Å². The van der Waals surface area contributed by atoms with Crippen molar-refractivity contribution >= 4 is 11.8 Å². The fourth-order valence-corrected chi connectivity index (χ4v) is 1.72. The van der Waals surface area contributed by atoms with E-state index in [4.69, 9.17) is 4.74 Å². The quantitative estimate of drug-likeness (QED) is 0.491. The monoisotopic (exact) mass is 276 g/mol. The van der Waals surface area contributed by atoms with Gasteiger partial charge in [-0.15, -0.1) is 0 Å². The Balaban J connectivity index is 2.48. The lowest BCUT2D eigenvalue weighted by molar-refractivity contribution is -0.131. The molecule has 0 aliphatic carbocycles. The molecule has 102 valence electrons. The second-order valence-corrected chi connectivity index (χ2v) is 4.02. The highest BCUT2D eigenvalue weighted by atomic mass is 19.2. The molecule has 0 spiro atoms. The Kier molecular flexibility index (Phi) is 3.89. The van der Waals surface area contributed by atoms with Crippen molar-refractivity contribution in [3.05, 3.63) is 65.2 Å². The maximum absolute atomic E-state index is 13.6. The largest absolute Gasteiger partial charge is 0.426 e. The van der Waals surface area contributed by atoms with Crippen LogP contribution in [0.25, 0.3) is 0 Å². The highest BCUT2D eigenvalue weighted by Gasteiger charge is 2.20. The Labute approximate surface area is 113 Å². The zero-order chi connectivity index (χ0) is 14.7. The van der Waals surface area contributed by atoms with Crippen LogP contribution in [0.4, 0.5) is 8.78 Å². The molecule has 2 rings (SSSR count). The molecule has 2 aromatic rings. The molecule has 3 nitrogen and oxygen atoms in total. The molecule has 0 radical (unpaired) electrons. The van der Waals surface area contributed by atoms with Gasteiger partial charge in [-0.2, -0.15) is 0 Å². The number of ketones is 1. The average molecular weight is 276 g/mol. The fraction of sp³-hybridized carbons (Fsp3) is 0.0667. The van der Waals surface area contributed by atoms with Gasteiger partial charge < -0.3 is 4.74 Å². The van der Waals surface area contributed by atoms with Crippen molar-refractivity contribution in [1.29, 1.82) is 0 Å². The number of ether oxygens (including phenoxy) is 1. The summed E-state index contributed by atoms with van der Waals surface area (Å²) in [6.07, 6.45) is 0. The minimum atomic E-state index is -1.23. The Morgan fingerprint density at radius 2 is 1.60 bits per heavy atom. The lowest BCUT2D eigenvalue weighted by atomic mass is 10.0. The van der Waals surface area contributed by atoms with Gasteiger partial charge in [0.2, 0.25) is 0 Å². The maximum Gasteiger partial charge on any atom is 0.308 e. The minimum absolute atomic E-state index is 0.00722. The van der Waals surface area contributed by atoms with E-state index in [1.165, 1.54) is 37.3 Å². The first-order chi connectivity index (χ1) is 9.50. The van der Waals surface area contributed by atoms with Gasteiger partial charge in [0, 0.05) is 6.92 Å². The van der Waals surface area contributed by atoms with Gasteiger partial charge in [0.25, 0.3) is 0 Å². The molecule has 0 atom stereocenters. The van der Waals surface area contributed by atoms with E-state index in [0.29, 0.717) is 0 Å². The summed E-state index contributed by atoms with van der Waals surface area (Å²) in [5.74, 6) is -3.69. The van der Waals surface area contributed by atoms with Crippen LogP contribution in [-0.4, -0.2) is 11.8 Å². The number of benzene rings is 2. The zero-order valence-corrected chi connectivity index (χ0v) is 10.5. The van der Waals surface area contributed by atoms with Gasteiger partial charge >= 0.3 is 5.97 Å². The molecule has 5 heteroatoms. The minimum Gasteiger partial charge on any atom is -0.426 e. The maximum atomic E-state index is 13.6. The molecule has 0 aromatic heterocycles. The molecule has 0 saturated carbocycles. The van der Waals surface area contributed by atoms with Gasteiger partial charge in [0.15, 0.2) is 17.4 Å². The van der Waals surface area contributed by atoms with Gasteiger partial charge in [-0.1, -0.05) is 18.2 Å². The number of esters is 1. The van der Waals surface area contributed by atoms with Crippen LogP contribution in [0.15, 0.2) is 42.5 Å². The van der Waals surface area contributed by atoms with E-state index in [1.807, 2.05) is 0 Å². The van der Waals surface area contributed by atoms with Crippen molar-refractivity contribution < 1.29 is 23.1 Å². The number of rotatable bonds is 3. The van der Waals surface area contributed by atoms with Gasteiger partial charge in [0.1, 0.15) is 5.75 Å². The number of carbonyl (C=O) groups is 2. The van der Waals surface area contributed by atoms with E-state index in [2.05, 4.69) is 0 Å². The molecule has 0 saturated heterocycles. The first-order valence-electron chi connectivity index (χ1n) is 5.77. The molecule has 0 aliphatic rings. The molecule has 0 amide bonds. The van der Waals surface area contributed by atoms with Crippen molar-refractivity contribution in [3.63, 3.8) is 0 Å². The van der Waals surface area contributed by atoms with Gasteiger partial charge in [0.05, 0.1) is 11.1 Å².